The highest BCUT2D eigenvalue weighted by Gasteiger charge is 2.31. The average Bonchev–Trinajstić information content (AvgIpc) is 3.34. The average molecular weight is 369 g/mol. The number of carbonyl (C=O) groups is 1. The number of benzene rings is 2. The molecule has 0 aliphatic carbocycles. The molecule has 2 aromatic carbocycles. The molecule has 3 nitrogen and oxygen atoms in total. The second-order valence-corrected chi connectivity index (χ2v) is 7.82. The topological polar surface area (TPSA) is 23.6 Å². The Morgan fingerprint density at radius 2 is 1.50 bits per heavy atom. The van der Waals surface area contributed by atoms with Gasteiger partial charge in [-0.25, -0.2) is 0 Å². The third kappa shape index (κ3) is 3.79. The van der Waals surface area contributed by atoms with Gasteiger partial charge in [-0.3, -0.25) is 4.79 Å². The van der Waals surface area contributed by atoms with Gasteiger partial charge in [-0.2, -0.15) is 0 Å². The van der Waals surface area contributed by atoms with Crippen LogP contribution in [0.4, 0.5) is 0 Å². The van der Waals surface area contributed by atoms with E-state index >= 15 is 0 Å². The second kappa shape index (κ2) is 7.81. The molecule has 0 bridgehead atoms. The van der Waals surface area contributed by atoms with E-state index in [1.807, 2.05) is 48.5 Å². The Morgan fingerprint density at radius 1 is 0.885 bits per heavy atom. The van der Waals surface area contributed by atoms with E-state index in [-0.39, 0.29) is 5.91 Å². The number of amides is 1. The van der Waals surface area contributed by atoms with Crippen LogP contribution in [-0.2, 0) is 0 Å². The van der Waals surface area contributed by atoms with Crippen LogP contribution in [0.2, 0.25) is 5.02 Å². The van der Waals surface area contributed by atoms with E-state index in [0.29, 0.717) is 6.04 Å². The predicted molar refractivity (Wildman–Crippen MR) is 107 cm³/mol. The maximum absolute atomic E-state index is 13.0. The van der Waals surface area contributed by atoms with E-state index in [2.05, 4.69) is 9.80 Å². The number of likely N-dealkylation sites (tertiary alicyclic amines) is 2. The first-order valence-corrected chi connectivity index (χ1v) is 9.98. The fraction of sp³-hybridized carbons (Fsp3) is 0.409. The molecular weight excluding hydrogens is 344 g/mol. The molecule has 2 heterocycles. The Labute approximate surface area is 160 Å². The molecule has 1 unspecified atom stereocenters. The zero-order valence-electron chi connectivity index (χ0n) is 15.0. The van der Waals surface area contributed by atoms with Gasteiger partial charge in [0.25, 0.3) is 5.91 Å². The fourth-order valence-corrected chi connectivity index (χ4v) is 4.30. The fourth-order valence-electron chi connectivity index (χ4n) is 4.17. The second-order valence-electron chi connectivity index (χ2n) is 7.39. The largest absolute Gasteiger partial charge is 0.334 e. The SMILES string of the molecule is O=C(c1ccc(-c2ccc(Cl)cc2)cc1)N1CCCC1CN1CCCC1. The Bertz CT molecular complexity index is 751. The highest BCUT2D eigenvalue weighted by molar-refractivity contribution is 6.30. The summed E-state index contributed by atoms with van der Waals surface area (Å²) in [5, 5.41) is 0.735. The number of hydrogen-bond acceptors (Lipinski definition) is 2. The molecular formula is C22H25ClN2O. The van der Waals surface area contributed by atoms with Crippen molar-refractivity contribution in [3.05, 3.63) is 59.1 Å². The van der Waals surface area contributed by atoms with Gasteiger partial charge < -0.3 is 9.80 Å². The molecule has 0 saturated carbocycles. The van der Waals surface area contributed by atoms with Crippen molar-refractivity contribution in [1.82, 2.24) is 9.80 Å². The lowest BCUT2D eigenvalue weighted by Crippen LogP contribution is -2.42. The number of halogens is 1. The third-order valence-corrected chi connectivity index (χ3v) is 5.87. The first-order valence-electron chi connectivity index (χ1n) is 9.60. The zero-order chi connectivity index (χ0) is 17.9. The van der Waals surface area contributed by atoms with Crippen LogP contribution in [0.1, 0.15) is 36.0 Å². The lowest BCUT2D eigenvalue weighted by molar-refractivity contribution is 0.0709. The molecule has 2 aromatic rings. The summed E-state index contributed by atoms with van der Waals surface area (Å²) in [4.78, 5) is 17.6. The van der Waals surface area contributed by atoms with Gasteiger partial charge in [0.2, 0.25) is 0 Å². The van der Waals surface area contributed by atoms with Crippen molar-refractivity contribution in [2.24, 2.45) is 0 Å². The first-order chi connectivity index (χ1) is 12.7. The summed E-state index contributed by atoms with van der Waals surface area (Å²) < 4.78 is 0. The van der Waals surface area contributed by atoms with E-state index in [9.17, 15) is 4.79 Å². The number of rotatable bonds is 4. The van der Waals surface area contributed by atoms with Crippen molar-refractivity contribution in [1.29, 1.82) is 0 Å². The maximum atomic E-state index is 13.0. The van der Waals surface area contributed by atoms with Crippen molar-refractivity contribution in [3.63, 3.8) is 0 Å². The van der Waals surface area contributed by atoms with Crippen LogP contribution in [0.3, 0.4) is 0 Å². The summed E-state index contributed by atoms with van der Waals surface area (Å²) in [6.45, 7) is 4.30. The van der Waals surface area contributed by atoms with Crippen LogP contribution >= 0.6 is 11.6 Å². The summed E-state index contributed by atoms with van der Waals surface area (Å²) in [5.74, 6) is 0.175. The van der Waals surface area contributed by atoms with Gasteiger partial charge in [0.15, 0.2) is 0 Å². The first kappa shape index (κ1) is 17.6. The number of carbonyl (C=O) groups excluding carboxylic acids is 1. The van der Waals surface area contributed by atoms with Gasteiger partial charge in [-0.05, 0) is 74.2 Å². The standard InChI is InChI=1S/C22H25ClN2O/c23-20-11-9-18(10-12-20)17-5-7-19(8-6-17)22(26)25-15-3-4-21(25)16-24-13-1-2-14-24/h5-12,21H,1-4,13-16H2. The molecule has 1 amide bonds. The lowest BCUT2D eigenvalue weighted by atomic mass is 10.0. The van der Waals surface area contributed by atoms with Crippen LogP contribution in [-0.4, -0.2) is 47.9 Å². The summed E-state index contributed by atoms with van der Waals surface area (Å²) in [6.07, 6.45) is 4.85. The van der Waals surface area contributed by atoms with Gasteiger partial charge in [0.1, 0.15) is 0 Å². The van der Waals surface area contributed by atoms with Crippen LogP contribution in [0.25, 0.3) is 11.1 Å². The normalized spacial score (nSPS) is 20.7. The Balaban J connectivity index is 1.46. The minimum atomic E-state index is 0.175. The van der Waals surface area contributed by atoms with Gasteiger partial charge >= 0.3 is 0 Å². The van der Waals surface area contributed by atoms with Gasteiger partial charge in [0.05, 0.1) is 0 Å². The molecule has 2 saturated heterocycles. The number of hydrogen-bond donors (Lipinski definition) is 0. The molecule has 136 valence electrons. The molecule has 2 fully saturated rings. The summed E-state index contributed by atoms with van der Waals surface area (Å²) in [7, 11) is 0. The van der Waals surface area contributed by atoms with Gasteiger partial charge in [0, 0.05) is 29.7 Å². The molecule has 2 aliphatic heterocycles. The van der Waals surface area contributed by atoms with Crippen molar-refractivity contribution < 1.29 is 4.79 Å². The minimum Gasteiger partial charge on any atom is -0.334 e. The van der Waals surface area contributed by atoms with Gasteiger partial charge in [-0.1, -0.05) is 35.9 Å². The summed E-state index contributed by atoms with van der Waals surface area (Å²) in [5.41, 5.74) is 3.01. The molecule has 4 heteroatoms. The molecule has 0 N–H and O–H groups in total. The zero-order valence-corrected chi connectivity index (χ0v) is 15.8. The Kier molecular flexibility index (Phi) is 5.28. The molecule has 26 heavy (non-hydrogen) atoms. The van der Waals surface area contributed by atoms with E-state index in [1.54, 1.807) is 0 Å². The quantitative estimate of drug-likeness (QED) is 0.780. The molecule has 1 atom stereocenters. The Morgan fingerprint density at radius 3 is 2.15 bits per heavy atom. The van der Waals surface area contributed by atoms with E-state index < -0.39 is 0 Å². The van der Waals surface area contributed by atoms with E-state index in [4.69, 9.17) is 11.6 Å². The molecule has 0 radical (unpaired) electrons. The van der Waals surface area contributed by atoms with Crippen molar-refractivity contribution >= 4 is 17.5 Å². The predicted octanol–water partition coefficient (Wildman–Crippen LogP) is 4.71. The van der Waals surface area contributed by atoms with Crippen molar-refractivity contribution in [2.45, 2.75) is 31.7 Å². The minimum absolute atomic E-state index is 0.175. The van der Waals surface area contributed by atoms with Crippen molar-refractivity contribution in [2.75, 3.05) is 26.2 Å². The monoisotopic (exact) mass is 368 g/mol. The lowest BCUT2D eigenvalue weighted by Gasteiger charge is -2.28. The summed E-state index contributed by atoms with van der Waals surface area (Å²) >= 11 is 5.96. The van der Waals surface area contributed by atoms with E-state index in [1.165, 1.54) is 25.9 Å². The molecule has 4 rings (SSSR count). The van der Waals surface area contributed by atoms with Crippen LogP contribution in [0.5, 0.6) is 0 Å². The van der Waals surface area contributed by atoms with Crippen LogP contribution < -0.4 is 0 Å². The smallest absolute Gasteiger partial charge is 0.254 e. The molecule has 0 spiro atoms. The molecule has 0 aromatic heterocycles. The summed E-state index contributed by atoms with van der Waals surface area (Å²) in [6, 6.07) is 16.1. The highest BCUT2D eigenvalue weighted by atomic mass is 35.5. The highest BCUT2D eigenvalue weighted by Crippen LogP contribution is 2.25. The van der Waals surface area contributed by atoms with Crippen LogP contribution in [0.15, 0.2) is 48.5 Å². The van der Waals surface area contributed by atoms with Crippen LogP contribution in [0, 0.1) is 0 Å². The van der Waals surface area contributed by atoms with E-state index in [0.717, 1.165) is 47.6 Å². The Hall–Kier alpha value is -1.84. The van der Waals surface area contributed by atoms with Gasteiger partial charge in [-0.15, -0.1) is 0 Å². The van der Waals surface area contributed by atoms with Crippen molar-refractivity contribution in [3.8, 4) is 11.1 Å². The maximum Gasteiger partial charge on any atom is 0.254 e. The number of nitrogens with zero attached hydrogens (tertiary/aromatic N) is 2. The third-order valence-electron chi connectivity index (χ3n) is 5.62. The molecule has 2 aliphatic rings.